The molecule has 0 saturated heterocycles. The Kier molecular flexibility index (Phi) is 5.08. The molecule has 0 atom stereocenters. The van der Waals surface area contributed by atoms with Crippen LogP contribution in [0.1, 0.15) is 27.8 Å². The Morgan fingerprint density at radius 1 is 1.14 bits per heavy atom. The van der Waals surface area contributed by atoms with Crippen molar-refractivity contribution < 1.29 is 0 Å². The van der Waals surface area contributed by atoms with E-state index in [0.717, 1.165) is 23.7 Å². The molecular weight excluding hydrogens is 278 g/mol. The minimum atomic E-state index is 0.788. The summed E-state index contributed by atoms with van der Waals surface area (Å²) in [7, 11) is 0. The first-order chi connectivity index (χ1) is 9.97. The molecule has 0 bridgehead atoms. The normalized spacial score (nSPS) is 10.5. The molecular formula is C19H22ClN. The molecule has 0 heterocycles. The average Bonchev–Trinajstić information content (AvgIpc) is 2.42. The zero-order valence-corrected chi connectivity index (χ0v) is 13.7. The third kappa shape index (κ3) is 4.12. The third-order valence-electron chi connectivity index (χ3n) is 3.78. The van der Waals surface area contributed by atoms with E-state index in [1.807, 2.05) is 18.2 Å². The van der Waals surface area contributed by atoms with Gasteiger partial charge in [0.1, 0.15) is 0 Å². The van der Waals surface area contributed by atoms with Crippen molar-refractivity contribution >= 4 is 17.3 Å². The molecule has 110 valence electrons. The highest BCUT2D eigenvalue weighted by Crippen LogP contribution is 2.21. The molecule has 0 unspecified atom stereocenters. The minimum Gasteiger partial charge on any atom is -0.385 e. The fraction of sp³-hybridized carbons (Fsp3) is 0.263. The summed E-state index contributed by atoms with van der Waals surface area (Å²) < 4.78 is 0. The van der Waals surface area contributed by atoms with Gasteiger partial charge in [0.25, 0.3) is 0 Å². The van der Waals surface area contributed by atoms with Gasteiger partial charge in [0, 0.05) is 22.8 Å². The molecule has 0 aromatic heterocycles. The van der Waals surface area contributed by atoms with E-state index in [9.17, 15) is 0 Å². The van der Waals surface area contributed by atoms with Gasteiger partial charge >= 0.3 is 0 Å². The monoisotopic (exact) mass is 299 g/mol. The third-order valence-corrected chi connectivity index (χ3v) is 4.01. The van der Waals surface area contributed by atoms with E-state index in [1.165, 1.54) is 27.8 Å². The molecule has 0 spiro atoms. The van der Waals surface area contributed by atoms with Crippen molar-refractivity contribution in [2.24, 2.45) is 0 Å². The first-order valence-electron chi connectivity index (χ1n) is 7.23. The second-order valence-electron chi connectivity index (χ2n) is 5.54. The molecule has 0 fully saturated rings. The van der Waals surface area contributed by atoms with Crippen molar-refractivity contribution in [1.29, 1.82) is 0 Å². The highest BCUT2D eigenvalue weighted by Gasteiger charge is 2.06. The first kappa shape index (κ1) is 15.7. The minimum absolute atomic E-state index is 0.788. The van der Waals surface area contributed by atoms with Gasteiger partial charge in [-0.2, -0.15) is 0 Å². The van der Waals surface area contributed by atoms with Gasteiger partial charge in [-0.1, -0.05) is 41.9 Å². The van der Waals surface area contributed by atoms with Gasteiger partial charge < -0.3 is 5.32 Å². The number of halogens is 1. The average molecular weight is 300 g/mol. The Bertz CT molecular complexity index is 659. The van der Waals surface area contributed by atoms with E-state index in [2.05, 4.69) is 50.9 Å². The molecule has 0 aliphatic rings. The Balaban J connectivity index is 1.99. The summed E-state index contributed by atoms with van der Waals surface area (Å²) in [5, 5.41) is 4.21. The molecule has 2 aromatic rings. The van der Waals surface area contributed by atoms with E-state index in [-0.39, 0.29) is 0 Å². The summed E-state index contributed by atoms with van der Waals surface area (Å²) >= 11 is 6.00. The van der Waals surface area contributed by atoms with Crippen molar-refractivity contribution in [2.45, 2.75) is 27.2 Å². The standard InChI is InChI=1S/C19H22ClN/c1-13-10-14(2)15(3)19(11-13)16(4)21-9-8-17-6-5-7-18(20)12-17/h5-7,10-12,21H,4,8-9H2,1-3H3. The zero-order chi connectivity index (χ0) is 15.4. The summed E-state index contributed by atoms with van der Waals surface area (Å²) in [6.07, 6.45) is 0.934. The Morgan fingerprint density at radius 2 is 1.90 bits per heavy atom. The number of hydrogen-bond acceptors (Lipinski definition) is 1. The molecule has 1 N–H and O–H groups in total. The highest BCUT2D eigenvalue weighted by molar-refractivity contribution is 6.30. The Hall–Kier alpha value is -1.73. The lowest BCUT2D eigenvalue weighted by Crippen LogP contribution is -2.16. The zero-order valence-electron chi connectivity index (χ0n) is 13.0. The smallest absolute Gasteiger partial charge is 0.0408 e. The Morgan fingerprint density at radius 3 is 2.62 bits per heavy atom. The lowest BCUT2D eigenvalue weighted by Gasteiger charge is -2.15. The molecule has 2 rings (SSSR count). The van der Waals surface area contributed by atoms with Gasteiger partial charge in [0.15, 0.2) is 0 Å². The molecule has 0 aliphatic heterocycles. The summed E-state index contributed by atoms with van der Waals surface area (Å²) in [5.74, 6) is 0. The molecule has 0 aliphatic carbocycles. The van der Waals surface area contributed by atoms with E-state index in [1.54, 1.807) is 0 Å². The van der Waals surface area contributed by atoms with Crippen LogP contribution in [0.5, 0.6) is 0 Å². The van der Waals surface area contributed by atoms with Crippen LogP contribution >= 0.6 is 11.6 Å². The van der Waals surface area contributed by atoms with Crippen molar-refractivity contribution in [3.05, 3.63) is 75.8 Å². The van der Waals surface area contributed by atoms with Gasteiger partial charge in [-0.05, 0) is 62.1 Å². The van der Waals surface area contributed by atoms with Crippen LogP contribution in [0, 0.1) is 20.8 Å². The van der Waals surface area contributed by atoms with Crippen LogP contribution in [0.15, 0.2) is 43.0 Å². The van der Waals surface area contributed by atoms with Crippen LogP contribution < -0.4 is 5.32 Å². The van der Waals surface area contributed by atoms with E-state index in [0.29, 0.717) is 0 Å². The lowest BCUT2D eigenvalue weighted by molar-refractivity contribution is 0.848. The van der Waals surface area contributed by atoms with E-state index < -0.39 is 0 Å². The number of benzene rings is 2. The van der Waals surface area contributed by atoms with Crippen molar-refractivity contribution in [1.82, 2.24) is 5.32 Å². The van der Waals surface area contributed by atoms with Gasteiger partial charge in [0.05, 0.1) is 0 Å². The molecule has 1 nitrogen and oxygen atoms in total. The van der Waals surface area contributed by atoms with Gasteiger partial charge in [-0.15, -0.1) is 0 Å². The van der Waals surface area contributed by atoms with Crippen LogP contribution in [0.25, 0.3) is 5.70 Å². The molecule has 0 saturated carbocycles. The summed E-state index contributed by atoms with van der Waals surface area (Å²) in [5.41, 5.74) is 7.30. The molecule has 2 aromatic carbocycles. The second-order valence-corrected chi connectivity index (χ2v) is 5.98. The first-order valence-corrected chi connectivity index (χ1v) is 7.60. The van der Waals surface area contributed by atoms with Crippen molar-refractivity contribution in [3.8, 4) is 0 Å². The van der Waals surface area contributed by atoms with Crippen LogP contribution in [0.2, 0.25) is 5.02 Å². The highest BCUT2D eigenvalue weighted by atomic mass is 35.5. The number of nitrogens with one attached hydrogen (secondary N) is 1. The predicted octanol–water partition coefficient (Wildman–Crippen LogP) is 5.07. The van der Waals surface area contributed by atoms with Gasteiger partial charge in [-0.25, -0.2) is 0 Å². The number of hydrogen-bond donors (Lipinski definition) is 1. The topological polar surface area (TPSA) is 12.0 Å². The molecule has 21 heavy (non-hydrogen) atoms. The fourth-order valence-electron chi connectivity index (χ4n) is 2.50. The Labute approximate surface area is 132 Å². The second kappa shape index (κ2) is 6.82. The number of aryl methyl sites for hydroxylation is 2. The fourth-order valence-corrected chi connectivity index (χ4v) is 2.71. The maximum absolute atomic E-state index is 6.00. The van der Waals surface area contributed by atoms with Crippen molar-refractivity contribution in [3.63, 3.8) is 0 Å². The maximum atomic E-state index is 6.00. The predicted molar refractivity (Wildman–Crippen MR) is 92.8 cm³/mol. The summed E-state index contributed by atoms with van der Waals surface area (Å²) in [6.45, 7) is 11.4. The SMILES string of the molecule is C=C(NCCc1cccc(Cl)c1)c1cc(C)cc(C)c1C. The maximum Gasteiger partial charge on any atom is 0.0408 e. The summed E-state index contributed by atoms with van der Waals surface area (Å²) in [4.78, 5) is 0. The van der Waals surface area contributed by atoms with Crippen LogP contribution in [0.3, 0.4) is 0 Å². The van der Waals surface area contributed by atoms with Crippen LogP contribution in [-0.2, 0) is 6.42 Å². The van der Waals surface area contributed by atoms with Crippen LogP contribution in [-0.4, -0.2) is 6.54 Å². The van der Waals surface area contributed by atoms with Gasteiger partial charge in [0.2, 0.25) is 0 Å². The van der Waals surface area contributed by atoms with Crippen LogP contribution in [0.4, 0.5) is 0 Å². The molecule has 0 radical (unpaired) electrons. The molecule has 0 amide bonds. The van der Waals surface area contributed by atoms with E-state index >= 15 is 0 Å². The quantitative estimate of drug-likeness (QED) is 0.813. The summed E-state index contributed by atoms with van der Waals surface area (Å²) in [6, 6.07) is 12.4. The van der Waals surface area contributed by atoms with Gasteiger partial charge in [-0.3, -0.25) is 0 Å². The molecule has 2 heteroatoms. The van der Waals surface area contributed by atoms with Crippen molar-refractivity contribution in [2.75, 3.05) is 6.54 Å². The number of rotatable bonds is 5. The van der Waals surface area contributed by atoms with E-state index in [4.69, 9.17) is 11.6 Å². The largest absolute Gasteiger partial charge is 0.385 e. The lowest BCUT2D eigenvalue weighted by atomic mass is 9.98.